The van der Waals surface area contributed by atoms with Crippen molar-refractivity contribution < 1.29 is 9.72 Å². The van der Waals surface area contributed by atoms with Crippen LogP contribution >= 0.6 is 23.1 Å². The van der Waals surface area contributed by atoms with Crippen molar-refractivity contribution in [3.05, 3.63) is 45.0 Å². The minimum absolute atomic E-state index is 0.0576. The first kappa shape index (κ1) is 17.8. The number of aryl methyl sites for hydroxylation is 1. The van der Waals surface area contributed by atoms with Crippen LogP contribution in [0.25, 0.3) is 0 Å². The second-order valence-electron chi connectivity index (χ2n) is 5.89. The predicted molar refractivity (Wildman–Crippen MR) is 97.5 cm³/mol. The van der Waals surface area contributed by atoms with Crippen molar-refractivity contribution in [1.29, 1.82) is 0 Å². The van der Waals surface area contributed by atoms with Crippen LogP contribution < -0.4 is 0 Å². The maximum atomic E-state index is 12.6. The zero-order valence-electron chi connectivity index (χ0n) is 14.0. The van der Waals surface area contributed by atoms with Gasteiger partial charge < -0.3 is 9.80 Å². The minimum atomic E-state index is -0.441. The quantitative estimate of drug-likeness (QED) is 0.601. The van der Waals surface area contributed by atoms with Gasteiger partial charge in [0.05, 0.1) is 9.82 Å². The third kappa shape index (κ3) is 4.17. The van der Waals surface area contributed by atoms with E-state index in [-0.39, 0.29) is 11.6 Å². The lowest BCUT2D eigenvalue weighted by atomic mass is 10.1. The first-order valence-electron chi connectivity index (χ1n) is 7.80. The predicted octanol–water partition coefficient (Wildman–Crippen LogP) is 2.90. The maximum absolute atomic E-state index is 12.6. The summed E-state index contributed by atoms with van der Waals surface area (Å²) in [6, 6.07) is 4.68. The third-order valence-corrected chi connectivity index (χ3v) is 6.11. The Balaban J connectivity index is 1.83. The van der Waals surface area contributed by atoms with Crippen LogP contribution in [0.2, 0.25) is 0 Å². The summed E-state index contributed by atoms with van der Waals surface area (Å²) in [5.41, 5.74) is 1.19. The zero-order chi connectivity index (χ0) is 18.0. The van der Waals surface area contributed by atoms with Gasteiger partial charge in [0.25, 0.3) is 11.6 Å². The highest BCUT2D eigenvalue weighted by Crippen LogP contribution is 2.37. The van der Waals surface area contributed by atoms with E-state index in [1.807, 2.05) is 19.4 Å². The number of hydrogen-bond acceptors (Lipinski definition) is 7. The van der Waals surface area contributed by atoms with Crippen molar-refractivity contribution in [2.24, 2.45) is 0 Å². The molecule has 0 saturated carbocycles. The highest BCUT2D eigenvalue weighted by molar-refractivity contribution is 8.01. The Morgan fingerprint density at radius 2 is 2.04 bits per heavy atom. The molecule has 0 aliphatic carbocycles. The summed E-state index contributed by atoms with van der Waals surface area (Å²) in [6.45, 7) is 4.78. The van der Waals surface area contributed by atoms with E-state index in [4.69, 9.17) is 0 Å². The van der Waals surface area contributed by atoms with Gasteiger partial charge in [-0.1, -0.05) is 11.8 Å². The summed E-state index contributed by atoms with van der Waals surface area (Å²) in [7, 11) is 2.01. The second-order valence-corrected chi connectivity index (χ2v) is 8.04. The van der Waals surface area contributed by atoms with Gasteiger partial charge in [0, 0.05) is 48.9 Å². The number of hydrogen-bond donors (Lipinski definition) is 0. The average Bonchev–Trinajstić information content (AvgIpc) is 3.00. The fraction of sp³-hybridized carbons (Fsp3) is 0.375. The minimum Gasteiger partial charge on any atom is -0.336 e. The van der Waals surface area contributed by atoms with E-state index < -0.39 is 4.92 Å². The number of rotatable bonds is 4. The lowest BCUT2D eigenvalue weighted by Gasteiger charge is -2.32. The van der Waals surface area contributed by atoms with Crippen molar-refractivity contribution in [2.75, 3.05) is 33.2 Å². The molecule has 1 aromatic heterocycles. The SMILES string of the molecule is Cc1csc(Sc2ccc(C(=O)N3CCN(C)CC3)cc2[N+](=O)[O-])n1. The molecule has 0 N–H and O–H groups in total. The highest BCUT2D eigenvalue weighted by Gasteiger charge is 2.24. The molecule has 25 heavy (non-hydrogen) atoms. The van der Waals surface area contributed by atoms with Gasteiger partial charge in [-0.05, 0) is 26.1 Å². The Morgan fingerprint density at radius 1 is 1.32 bits per heavy atom. The van der Waals surface area contributed by atoms with Crippen molar-refractivity contribution >= 4 is 34.7 Å². The number of carbonyl (C=O) groups excluding carboxylic acids is 1. The Kier molecular flexibility index (Phi) is 5.36. The lowest BCUT2D eigenvalue weighted by molar-refractivity contribution is -0.387. The molecule has 132 valence electrons. The molecule has 0 atom stereocenters. The van der Waals surface area contributed by atoms with Gasteiger partial charge in [0.15, 0.2) is 4.34 Å². The number of nitrogens with zero attached hydrogens (tertiary/aromatic N) is 4. The van der Waals surface area contributed by atoms with E-state index in [2.05, 4.69) is 9.88 Å². The maximum Gasteiger partial charge on any atom is 0.284 e. The Labute approximate surface area is 153 Å². The molecule has 3 rings (SSSR count). The van der Waals surface area contributed by atoms with E-state index in [0.29, 0.717) is 23.5 Å². The molecule has 2 heterocycles. The van der Waals surface area contributed by atoms with Crippen LogP contribution in [0.5, 0.6) is 0 Å². The number of thiazole rings is 1. The van der Waals surface area contributed by atoms with Crippen LogP contribution in [0.4, 0.5) is 5.69 Å². The average molecular weight is 378 g/mol. The van der Waals surface area contributed by atoms with Gasteiger partial charge in [-0.2, -0.15) is 0 Å². The number of benzene rings is 1. The van der Waals surface area contributed by atoms with Crippen molar-refractivity contribution in [3.63, 3.8) is 0 Å². The molecule has 0 bridgehead atoms. The Bertz CT molecular complexity index is 800. The van der Waals surface area contributed by atoms with Crippen molar-refractivity contribution in [1.82, 2.24) is 14.8 Å². The zero-order valence-corrected chi connectivity index (χ0v) is 15.6. The van der Waals surface area contributed by atoms with Crippen molar-refractivity contribution in [3.8, 4) is 0 Å². The fourth-order valence-corrected chi connectivity index (χ4v) is 4.42. The molecule has 9 heteroatoms. The van der Waals surface area contributed by atoms with Crippen LogP contribution in [-0.2, 0) is 0 Å². The summed E-state index contributed by atoms with van der Waals surface area (Å²) in [5.74, 6) is -0.155. The summed E-state index contributed by atoms with van der Waals surface area (Å²) >= 11 is 2.70. The molecule has 0 unspecified atom stereocenters. The van der Waals surface area contributed by atoms with E-state index in [1.165, 1.54) is 29.2 Å². The first-order chi connectivity index (χ1) is 11.9. The van der Waals surface area contributed by atoms with Gasteiger partial charge in [-0.25, -0.2) is 4.98 Å². The highest BCUT2D eigenvalue weighted by atomic mass is 32.2. The number of aromatic nitrogens is 1. The fourth-order valence-electron chi connectivity index (χ4n) is 2.54. The Morgan fingerprint density at radius 3 is 2.64 bits per heavy atom. The molecule has 7 nitrogen and oxygen atoms in total. The lowest BCUT2D eigenvalue weighted by Crippen LogP contribution is -2.47. The van der Waals surface area contributed by atoms with Crippen LogP contribution in [-0.4, -0.2) is 58.8 Å². The molecule has 2 aromatic rings. The first-order valence-corrected chi connectivity index (χ1v) is 9.50. The number of piperazine rings is 1. The number of carbonyl (C=O) groups is 1. The van der Waals surface area contributed by atoms with Crippen LogP contribution in [0.15, 0.2) is 32.8 Å². The number of nitro benzene ring substituents is 1. The van der Waals surface area contributed by atoms with Crippen LogP contribution in [0, 0.1) is 17.0 Å². The van der Waals surface area contributed by atoms with Crippen molar-refractivity contribution in [2.45, 2.75) is 16.2 Å². The van der Waals surface area contributed by atoms with Crippen LogP contribution in [0.3, 0.4) is 0 Å². The third-order valence-electron chi connectivity index (χ3n) is 3.99. The topological polar surface area (TPSA) is 79.6 Å². The van der Waals surface area contributed by atoms with E-state index in [0.717, 1.165) is 23.1 Å². The molecular formula is C16H18N4O3S2. The van der Waals surface area contributed by atoms with Crippen LogP contribution in [0.1, 0.15) is 16.1 Å². The summed E-state index contributed by atoms with van der Waals surface area (Å²) in [5, 5.41) is 13.4. The van der Waals surface area contributed by atoms with E-state index in [1.54, 1.807) is 17.0 Å². The molecule has 1 amide bonds. The smallest absolute Gasteiger partial charge is 0.284 e. The summed E-state index contributed by atoms with van der Waals surface area (Å²) < 4.78 is 0.749. The molecule has 1 saturated heterocycles. The van der Waals surface area contributed by atoms with Gasteiger partial charge in [-0.3, -0.25) is 14.9 Å². The molecule has 0 spiro atoms. The standard InChI is InChI=1S/C16H18N4O3S2/c1-11-10-24-16(17-11)25-14-4-3-12(9-13(14)20(22)23)15(21)19-7-5-18(2)6-8-19/h3-4,9-10H,5-8H2,1-2H3. The van der Waals surface area contributed by atoms with E-state index >= 15 is 0 Å². The second kappa shape index (κ2) is 7.51. The molecule has 1 aromatic carbocycles. The molecule has 1 aliphatic rings. The molecule has 0 radical (unpaired) electrons. The number of amides is 1. The van der Waals surface area contributed by atoms with Gasteiger partial charge in [0.1, 0.15) is 0 Å². The molecular weight excluding hydrogens is 360 g/mol. The summed E-state index contributed by atoms with van der Waals surface area (Å²) in [6.07, 6.45) is 0. The number of likely N-dealkylation sites (N-methyl/N-ethyl adjacent to an activating group) is 1. The normalized spacial score (nSPS) is 15.4. The number of nitro groups is 1. The van der Waals surface area contributed by atoms with E-state index in [9.17, 15) is 14.9 Å². The van der Waals surface area contributed by atoms with Gasteiger partial charge in [0.2, 0.25) is 0 Å². The monoisotopic (exact) mass is 378 g/mol. The summed E-state index contributed by atoms with van der Waals surface area (Å²) in [4.78, 5) is 32.4. The van der Waals surface area contributed by atoms with Gasteiger partial charge in [-0.15, -0.1) is 11.3 Å². The molecule has 1 aliphatic heterocycles. The molecule has 1 fully saturated rings. The van der Waals surface area contributed by atoms with Gasteiger partial charge >= 0.3 is 0 Å². The largest absolute Gasteiger partial charge is 0.336 e. The Hall–Kier alpha value is -1.97.